The third kappa shape index (κ3) is 4.91. The Kier molecular flexibility index (Phi) is 6.58. The molecule has 158 valence electrons. The lowest BCUT2D eigenvalue weighted by atomic mass is 10.1. The van der Waals surface area contributed by atoms with Gasteiger partial charge in [0.15, 0.2) is 23.0 Å². The first kappa shape index (κ1) is 21.4. The second kappa shape index (κ2) is 9.53. The van der Waals surface area contributed by atoms with E-state index >= 15 is 0 Å². The fraction of sp³-hybridized carbons (Fsp3) is 0.130. The number of nitrogens with zero attached hydrogens (tertiary/aromatic N) is 1. The summed E-state index contributed by atoms with van der Waals surface area (Å²) in [6.07, 6.45) is 3.12. The SMILES string of the molecule is CCOc1cc(/C=C2\N=C(c3ccco3)OC2=O)cc(Br)c1OCc1ccccc1Br. The average molecular weight is 547 g/mol. The van der Waals surface area contributed by atoms with Crippen LogP contribution >= 0.6 is 31.9 Å². The van der Waals surface area contributed by atoms with Crippen molar-refractivity contribution in [1.82, 2.24) is 0 Å². The topological polar surface area (TPSA) is 70.3 Å². The number of ether oxygens (including phenoxy) is 3. The van der Waals surface area contributed by atoms with Crippen LogP contribution in [0.5, 0.6) is 11.5 Å². The third-order valence-electron chi connectivity index (χ3n) is 4.32. The van der Waals surface area contributed by atoms with Gasteiger partial charge in [-0.3, -0.25) is 0 Å². The molecule has 1 aromatic heterocycles. The predicted molar refractivity (Wildman–Crippen MR) is 123 cm³/mol. The van der Waals surface area contributed by atoms with Crippen molar-refractivity contribution in [3.63, 3.8) is 0 Å². The Morgan fingerprint density at radius 1 is 1.06 bits per heavy atom. The number of hydrogen-bond acceptors (Lipinski definition) is 6. The number of carbonyl (C=O) groups excluding carboxylic acids is 1. The molecule has 4 rings (SSSR count). The molecule has 0 spiro atoms. The third-order valence-corrected chi connectivity index (χ3v) is 5.68. The van der Waals surface area contributed by atoms with Crippen molar-refractivity contribution in [3.8, 4) is 11.5 Å². The highest BCUT2D eigenvalue weighted by atomic mass is 79.9. The van der Waals surface area contributed by atoms with Crippen LogP contribution in [0.4, 0.5) is 0 Å². The van der Waals surface area contributed by atoms with Crippen LogP contribution in [0.15, 0.2) is 78.8 Å². The maximum Gasteiger partial charge on any atom is 0.363 e. The van der Waals surface area contributed by atoms with E-state index in [1.54, 1.807) is 24.3 Å². The Balaban J connectivity index is 1.62. The van der Waals surface area contributed by atoms with Gasteiger partial charge in [0.05, 0.1) is 17.3 Å². The quantitative estimate of drug-likeness (QED) is 0.263. The number of rotatable bonds is 7. The standard InChI is InChI=1S/C23H17Br2NO5/c1-2-28-20-12-14(11-18-23(27)31-22(26-18)19-8-5-9-29-19)10-17(25)21(20)30-13-15-6-3-4-7-16(15)24/h3-12H,2,13H2,1H3/b18-11-. The molecular weight excluding hydrogens is 530 g/mol. The monoisotopic (exact) mass is 545 g/mol. The Morgan fingerprint density at radius 3 is 2.65 bits per heavy atom. The molecule has 0 aliphatic carbocycles. The first-order valence-corrected chi connectivity index (χ1v) is 11.0. The Morgan fingerprint density at radius 2 is 1.90 bits per heavy atom. The summed E-state index contributed by atoms with van der Waals surface area (Å²) in [5.41, 5.74) is 1.89. The summed E-state index contributed by atoms with van der Waals surface area (Å²) in [5, 5.41) is 0. The first-order chi connectivity index (χ1) is 15.0. The molecule has 6 nitrogen and oxygen atoms in total. The second-order valence-electron chi connectivity index (χ2n) is 6.46. The molecule has 0 fully saturated rings. The highest BCUT2D eigenvalue weighted by molar-refractivity contribution is 9.10. The van der Waals surface area contributed by atoms with Crippen LogP contribution in [0.1, 0.15) is 23.8 Å². The van der Waals surface area contributed by atoms with E-state index < -0.39 is 5.97 Å². The number of cyclic esters (lactones) is 1. The van der Waals surface area contributed by atoms with Gasteiger partial charge in [0.1, 0.15) is 6.61 Å². The zero-order valence-corrected chi connectivity index (χ0v) is 19.6. The molecule has 0 N–H and O–H groups in total. The van der Waals surface area contributed by atoms with E-state index in [0.717, 1.165) is 10.0 Å². The van der Waals surface area contributed by atoms with Crippen molar-refractivity contribution in [2.75, 3.05) is 6.61 Å². The van der Waals surface area contributed by atoms with Crippen molar-refractivity contribution in [2.24, 2.45) is 4.99 Å². The molecule has 31 heavy (non-hydrogen) atoms. The number of hydrogen-bond donors (Lipinski definition) is 0. The van der Waals surface area contributed by atoms with Gasteiger partial charge in [0, 0.05) is 10.0 Å². The molecule has 3 aromatic rings. The smallest absolute Gasteiger partial charge is 0.363 e. The van der Waals surface area contributed by atoms with Gasteiger partial charge in [-0.15, -0.1) is 0 Å². The van der Waals surface area contributed by atoms with E-state index in [2.05, 4.69) is 36.9 Å². The highest BCUT2D eigenvalue weighted by Crippen LogP contribution is 2.38. The van der Waals surface area contributed by atoms with Gasteiger partial charge in [0.25, 0.3) is 5.90 Å². The fourth-order valence-electron chi connectivity index (χ4n) is 2.91. The van der Waals surface area contributed by atoms with Gasteiger partial charge in [-0.2, -0.15) is 0 Å². The van der Waals surface area contributed by atoms with Gasteiger partial charge in [-0.05, 0) is 64.8 Å². The number of halogens is 2. The van der Waals surface area contributed by atoms with Gasteiger partial charge >= 0.3 is 5.97 Å². The summed E-state index contributed by atoms with van der Waals surface area (Å²) in [7, 11) is 0. The number of furan rings is 1. The maximum absolute atomic E-state index is 12.2. The van der Waals surface area contributed by atoms with Crippen molar-refractivity contribution in [2.45, 2.75) is 13.5 Å². The van der Waals surface area contributed by atoms with Crippen LogP contribution in [0.2, 0.25) is 0 Å². The van der Waals surface area contributed by atoms with Crippen molar-refractivity contribution in [1.29, 1.82) is 0 Å². The normalized spacial score (nSPS) is 14.5. The molecule has 0 saturated heterocycles. The summed E-state index contributed by atoms with van der Waals surface area (Å²) in [5.74, 6) is 1.11. The molecule has 0 saturated carbocycles. The minimum atomic E-state index is -0.547. The highest BCUT2D eigenvalue weighted by Gasteiger charge is 2.26. The molecule has 0 radical (unpaired) electrons. The lowest BCUT2D eigenvalue weighted by Gasteiger charge is -2.15. The zero-order chi connectivity index (χ0) is 21.8. The lowest BCUT2D eigenvalue weighted by molar-refractivity contribution is -0.130. The van der Waals surface area contributed by atoms with Crippen molar-refractivity contribution >= 4 is 49.8 Å². The average Bonchev–Trinajstić information content (AvgIpc) is 3.39. The van der Waals surface area contributed by atoms with Gasteiger partial charge < -0.3 is 18.6 Å². The van der Waals surface area contributed by atoms with E-state index in [4.69, 9.17) is 18.6 Å². The number of carbonyl (C=O) groups is 1. The summed E-state index contributed by atoms with van der Waals surface area (Å²) < 4.78 is 23.9. The molecule has 0 amide bonds. The zero-order valence-electron chi connectivity index (χ0n) is 16.4. The van der Waals surface area contributed by atoms with E-state index in [0.29, 0.717) is 40.5 Å². The molecule has 1 aliphatic heterocycles. The molecule has 0 unspecified atom stereocenters. The lowest BCUT2D eigenvalue weighted by Crippen LogP contribution is -2.04. The van der Waals surface area contributed by atoms with Gasteiger partial charge in [0.2, 0.25) is 0 Å². The van der Waals surface area contributed by atoms with E-state index in [1.165, 1.54) is 6.26 Å². The van der Waals surface area contributed by atoms with Gasteiger partial charge in [-0.25, -0.2) is 9.79 Å². The van der Waals surface area contributed by atoms with E-state index in [1.807, 2.05) is 37.3 Å². The molecule has 2 aromatic carbocycles. The molecule has 0 atom stereocenters. The minimum absolute atomic E-state index is 0.138. The van der Waals surface area contributed by atoms with Crippen LogP contribution in [0, 0.1) is 0 Å². The summed E-state index contributed by atoms with van der Waals surface area (Å²) in [6.45, 7) is 2.72. The first-order valence-electron chi connectivity index (χ1n) is 9.44. The van der Waals surface area contributed by atoms with E-state index in [9.17, 15) is 4.79 Å². The number of esters is 1. The van der Waals surface area contributed by atoms with Gasteiger partial charge in [-0.1, -0.05) is 34.1 Å². The Bertz CT molecular complexity index is 1170. The summed E-state index contributed by atoms with van der Waals surface area (Å²) in [4.78, 5) is 16.5. The summed E-state index contributed by atoms with van der Waals surface area (Å²) >= 11 is 7.08. The van der Waals surface area contributed by atoms with Crippen LogP contribution in [0.3, 0.4) is 0 Å². The molecular formula is C23H17Br2NO5. The molecule has 8 heteroatoms. The van der Waals surface area contributed by atoms with Crippen molar-refractivity contribution < 1.29 is 23.4 Å². The van der Waals surface area contributed by atoms with Crippen LogP contribution in [-0.2, 0) is 16.1 Å². The molecule has 2 heterocycles. The predicted octanol–water partition coefficient (Wildman–Crippen LogP) is 6.13. The second-order valence-corrected chi connectivity index (χ2v) is 8.17. The fourth-order valence-corrected chi connectivity index (χ4v) is 3.89. The molecule has 0 bridgehead atoms. The Labute approximate surface area is 195 Å². The van der Waals surface area contributed by atoms with E-state index in [-0.39, 0.29) is 11.6 Å². The minimum Gasteiger partial charge on any atom is -0.490 e. The molecule has 1 aliphatic rings. The van der Waals surface area contributed by atoms with Crippen molar-refractivity contribution in [3.05, 3.63) is 86.3 Å². The van der Waals surface area contributed by atoms with Crippen LogP contribution < -0.4 is 9.47 Å². The Hall–Kier alpha value is -2.84. The number of aliphatic imine (C=N–C) groups is 1. The van der Waals surface area contributed by atoms with Crippen LogP contribution in [-0.4, -0.2) is 18.5 Å². The van der Waals surface area contributed by atoms with Crippen LogP contribution in [0.25, 0.3) is 6.08 Å². The summed E-state index contributed by atoms with van der Waals surface area (Å²) in [6, 6.07) is 14.9. The largest absolute Gasteiger partial charge is 0.490 e. The number of benzene rings is 2. The maximum atomic E-state index is 12.2.